The molecule has 2 amide bonds. The molecule has 126 valence electrons. The highest BCUT2D eigenvalue weighted by Gasteiger charge is 2.35. The highest BCUT2D eigenvalue weighted by Crippen LogP contribution is 2.28. The minimum Gasteiger partial charge on any atom is -0.340 e. The highest BCUT2D eigenvalue weighted by atomic mass is 32.2. The van der Waals surface area contributed by atoms with Crippen LogP contribution in [0.25, 0.3) is 0 Å². The molecule has 1 saturated heterocycles. The van der Waals surface area contributed by atoms with Crippen molar-refractivity contribution >= 4 is 23.6 Å². The largest absolute Gasteiger partial charge is 0.340 e. The molecule has 0 aliphatic carbocycles. The molecule has 0 radical (unpaired) electrons. The van der Waals surface area contributed by atoms with Crippen LogP contribution in [0.2, 0.25) is 0 Å². The molecule has 0 spiro atoms. The fraction of sp³-hybridized carbons (Fsp3) is 0.556. The molecule has 1 aliphatic rings. The zero-order chi connectivity index (χ0) is 16.8. The Morgan fingerprint density at radius 2 is 2.00 bits per heavy atom. The van der Waals surface area contributed by atoms with Crippen LogP contribution in [0.4, 0.5) is 0 Å². The van der Waals surface area contributed by atoms with Crippen LogP contribution >= 0.6 is 11.8 Å². The zero-order valence-corrected chi connectivity index (χ0v) is 15.0. The molecule has 0 bridgehead atoms. The molecule has 5 heteroatoms. The maximum Gasteiger partial charge on any atom is 0.250 e. The summed E-state index contributed by atoms with van der Waals surface area (Å²) in [7, 11) is 1.84. The van der Waals surface area contributed by atoms with Crippen LogP contribution in [0.5, 0.6) is 0 Å². The van der Waals surface area contributed by atoms with Gasteiger partial charge in [-0.2, -0.15) is 11.8 Å². The summed E-state index contributed by atoms with van der Waals surface area (Å²) in [5.41, 5.74) is 0.899. The molecule has 0 N–H and O–H groups in total. The van der Waals surface area contributed by atoms with E-state index < -0.39 is 6.04 Å². The zero-order valence-electron chi connectivity index (χ0n) is 14.2. The second-order valence-corrected chi connectivity index (χ2v) is 7.02. The van der Waals surface area contributed by atoms with Crippen molar-refractivity contribution in [2.24, 2.45) is 0 Å². The van der Waals surface area contributed by atoms with Gasteiger partial charge in [-0.15, -0.1) is 0 Å². The van der Waals surface area contributed by atoms with Gasteiger partial charge in [0, 0.05) is 31.8 Å². The van der Waals surface area contributed by atoms with Crippen LogP contribution in [-0.4, -0.2) is 53.3 Å². The first-order valence-electron chi connectivity index (χ1n) is 8.16. The second-order valence-electron chi connectivity index (χ2n) is 6.11. The van der Waals surface area contributed by atoms with Crippen LogP contribution in [0.1, 0.15) is 37.8 Å². The molecule has 23 heavy (non-hydrogen) atoms. The molecule has 1 fully saturated rings. The molecule has 2 rings (SSSR count). The minimum absolute atomic E-state index is 0.00741. The number of carbonyl (C=O) groups is 2. The first-order valence-corrected chi connectivity index (χ1v) is 9.55. The van der Waals surface area contributed by atoms with Crippen molar-refractivity contribution in [3.05, 3.63) is 35.9 Å². The summed E-state index contributed by atoms with van der Waals surface area (Å²) in [6, 6.07) is 9.31. The van der Waals surface area contributed by atoms with Crippen molar-refractivity contribution in [1.29, 1.82) is 0 Å². The van der Waals surface area contributed by atoms with Crippen molar-refractivity contribution in [2.75, 3.05) is 25.6 Å². The lowest BCUT2D eigenvalue weighted by molar-refractivity contribution is -0.147. The second kappa shape index (κ2) is 8.39. The van der Waals surface area contributed by atoms with E-state index in [9.17, 15) is 9.59 Å². The number of rotatable bonds is 6. The van der Waals surface area contributed by atoms with Crippen molar-refractivity contribution in [2.45, 2.75) is 38.3 Å². The molecule has 1 aliphatic heterocycles. The lowest BCUT2D eigenvalue weighted by atomic mass is 9.99. The lowest BCUT2D eigenvalue weighted by Gasteiger charge is -2.37. The van der Waals surface area contributed by atoms with Crippen molar-refractivity contribution < 1.29 is 9.59 Å². The maximum atomic E-state index is 13.1. The Hall–Kier alpha value is -1.49. The predicted molar refractivity (Wildman–Crippen MR) is 95.4 cm³/mol. The number of benzene rings is 1. The quantitative estimate of drug-likeness (QED) is 0.803. The van der Waals surface area contributed by atoms with Crippen LogP contribution in [0.3, 0.4) is 0 Å². The van der Waals surface area contributed by atoms with Gasteiger partial charge in [-0.25, -0.2) is 0 Å². The van der Waals surface area contributed by atoms with Gasteiger partial charge in [-0.3, -0.25) is 9.59 Å². The molecule has 2 atom stereocenters. The van der Waals surface area contributed by atoms with E-state index in [0.29, 0.717) is 13.0 Å². The average molecular weight is 334 g/mol. The third kappa shape index (κ3) is 4.28. The van der Waals surface area contributed by atoms with Gasteiger partial charge in [0.2, 0.25) is 11.8 Å². The smallest absolute Gasteiger partial charge is 0.250 e. The van der Waals surface area contributed by atoms with Crippen molar-refractivity contribution in [3.63, 3.8) is 0 Å². The third-order valence-electron chi connectivity index (χ3n) is 4.44. The first-order chi connectivity index (χ1) is 11.1. The number of carbonyl (C=O) groups excluding carboxylic acids is 2. The predicted octanol–water partition coefficient (Wildman–Crippen LogP) is 2.95. The van der Waals surface area contributed by atoms with Crippen LogP contribution < -0.4 is 0 Å². The van der Waals surface area contributed by atoms with E-state index in [4.69, 9.17) is 0 Å². The Balaban J connectivity index is 2.29. The Bertz CT molecular complexity index is 535. The fourth-order valence-electron chi connectivity index (χ4n) is 2.95. The minimum atomic E-state index is -0.502. The van der Waals surface area contributed by atoms with Gasteiger partial charge in [0.1, 0.15) is 6.04 Å². The summed E-state index contributed by atoms with van der Waals surface area (Å²) in [5, 5.41) is 0. The monoisotopic (exact) mass is 334 g/mol. The van der Waals surface area contributed by atoms with E-state index in [0.717, 1.165) is 24.2 Å². The van der Waals surface area contributed by atoms with Crippen LogP contribution in [0.15, 0.2) is 30.3 Å². The number of hydrogen-bond donors (Lipinski definition) is 0. The van der Waals surface area contributed by atoms with E-state index in [1.54, 1.807) is 21.6 Å². The molecular weight excluding hydrogens is 308 g/mol. The summed E-state index contributed by atoms with van der Waals surface area (Å²) in [6.07, 6.45) is 4.47. The number of likely N-dealkylation sites (N-methyl/N-ethyl adjacent to an activating group) is 1. The number of thioether (sulfide) groups is 1. The molecule has 0 unspecified atom stereocenters. The molecular formula is C18H26N2O2S. The fourth-order valence-corrected chi connectivity index (χ4v) is 3.66. The standard InChI is InChI=1S/C18H26N2O2S/c1-14(13-23-3)19(2)18(22)17(15-9-5-4-6-10-15)20-12-8-7-11-16(20)21/h4-6,9-10,14,17H,7-8,11-13H2,1-3H3/t14-,17+/m1/s1. The average Bonchev–Trinajstić information content (AvgIpc) is 2.57. The molecule has 1 aromatic carbocycles. The van der Waals surface area contributed by atoms with E-state index >= 15 is 0 Å². The van der Waals surface area contributed by atoms with E-state index in [1.807, 2.05) is 43.6 Å². The summed E-state index contributed by atoms with van der Waals surface area (Å²) in [6.45, 7) is 2.71. The Labute approximate surface area is 143 Å². The molecule has 1 aromatic rings. The molecule has 0 saturated carbocycles. The summed E-state index contributed by atoms with van der Waals surface area (Å²) >= 11 is 1.72. The van der Waals surface area contributed by atoms with Crippen molar-refractivity contribution in [3.8, 4) is 0 Å². The topological polar surface area (TPSA) is 40.6 Å². The SMILES string of the molecule is CSC[C@@H](C)N(C)C(=O)[C@H](c1ccccc1)N1CCCCC1=O. The number of likely N-dealkylation sites (tertiary alicyclic amines) is 1. The number of piperidine rings is 1. The maximum absolute atomic E-state index is 13.1. The Morgan fingerprint density at radius 3 is 2.61 bits per heavy atom. The Morgan fingerprint density at radius 1 is 1.30 bits per heavy atom. The van der Waals surface area contributed by atoms with E-state index in [1.165, 1.54) is 0 Å². The van der Waals surface area contributed by atoms with Crippen LogP contribution in [0, 0.1) is 0 Å². The lowest BCUT2D eigenvalue weighted by Crippen LogP contribution is -2.48. The number of amides is 2. The first kappa shape index (κ1) is 17.9. The van der Waals surface area contributed by atoms with Gasteiger partial charge in [-0.05, 0) is 31.6 Å². The van der Waals surface area contributed by atoms with Gasteiger partial charge in [-0.1, -0.05) is 30.3 Å². The summed E-state index contributed by atoms with van der Waals surface area (Å²) in [4.78, 5) is 29.1. The normalized spacial score (nSPS) is 17.7. The molecule has 0 aromatic heterocycles. The van der Waals surface area contributed by atoms with Gasteiger partial charge >= 0.3 is 0 Å². The van der Waals surface area contributed by atoms with Gasteiger partial charge in [0.05, 0.1) is 0 Å². The van der Waals surface area contributed by atoms with Crippen LogP contribution in [-0.2, 0) is 9.59 Å². The molecule has 4 nitrogen and oxygen atoms in total. The van der Waals surface area contributed by atoms with E-state index in [-0.39, 0.29) is 17.9 Å². The van der Waals surface area contributed by atoms with Gasteiger partial charge in [0.25, 0.3) is 0 Å². The van der Waals surface area contributed by atoms with E-state index in [2.05, 4.69) is 6.92 Å². The number of nitrogens with zero attached hydrogens (tertiary/aromatic N) is 2. The summed E-state index contributed by atoms with van der Waals surface area (Å²) < 4.78 is 0. The Kier molecular flexibility index (Phi) is 6.51. The van der Waals surface area contributed by atoms with Gasteiger partial charge < -0.3 is 9.80 Å². The van der Waals surface area contributed by atoms with Gasteiger partial charge in [0.15, 0.2) is 0 Å². The molecule has 1 heterocycles. The summed E-state index contributed by atoms with van der Waals surface area (Å²) in [5.74, 6) is 0.981. The number of hydrogen-bond acceptors (Lipinski definition) is 3. The highest BCUT2D eigenvalue weighted by molar-refractivity contribution is 7.98. The van der Waals surface area contributed by atoms with Crippen molar-refractivity contribution in [1.82, 2.24) is 9.80 Å². The third-order valence-corrected chi connectivity index (χ3v) is 5.25.